The first-order valence-corrected chi connectivity index (χ1v) is 7.03. The smallest absolute Gasteiger partial charge is 0.123 e. The van der Waals surface area contributed by atoms with Crippen molar-refractivity contribution >= 4 is 10.9 Å². The van der Waals surface area contributed by atoms with Gasteiger partial charge in [0.2, 0.25) is 0 Å². The summed E-state index contributed by atoms with van der Waals surface area (Å²) in [5.41, 5.74) is 2.92. The molecule has 3 rings (SSSR count). The minimum absolute atomic E-state index is 0.0503. The first kappa shape index (κ1) is 13.7. The lowest BCUT2D eigenvalue weighted by Gasteiger charge is -2.16. The molecule has 106 valence electrons. The Balaban J connectivity index is 1.88. The largest absolute Gasteiger partial charge is 0.313 e. The molecule has 0 amide bonds. The lowest BCUT2D eigenvalue weighted by Crippen LogP contribution is -2.19. The van der Waals surface area contributed by atoms with E-state index in [9.17, 15) is 4.39 Å². The number of nitrogens with one attached hydrogen (secondary N) is 1. The van der Waals surface area contributed by atoms with Crippen LogP contribution < -0.4 is 5.32 Å². The molecule has 0 aliphatic carbocycles. The van der Waals surface area contributed by atoms with E-state index in [-0.39, 0.29) is 11.9 Å². The molecule has 2 nitrogen and oxygen atoms in total. The number of pyridine rings is 1. The Bertz CT molecular complexity index is 755. The molecule has 1 aromatic heterocycles. The van der Waals surface area contributed by atoms with Crippen LogP contribution in [0.5, 0.6) is 0 Å². The third kappa shape index (κ3) is 3.09. The number of benzene rings is 2. The standard InChI is InChI=1S/C18H17FN2/c1-20-18(14-6-4-7-15(19)11-14)12-16-10-9-13-5-2-3-8-17(13)21-16/h2-11,18,20H,12H2,1H3. The number of likely N-dealkylation sites (N-methyl/N-ethyl adjacent to an activating group) is 1. The quantitative estimate of drug-likeness (QED) is 0.784. The Kier molecular flexibility index (Phi) is 3.93. The monoisotopic (exact) mass is 280 g/mol. The molecule has 0 spiro atoms. The number of aromatic nitrogens is 1. The minimum atomic E-state index is -0.209. The second kappa shape index (κ2) is 6.02. The van der Waals surface area contributed by atoms with Gasteiger partial charge in [0.1, 0.15) is 5.82 Å². The highest BCUT2D eigenvalue weighted by Gasteiger charge is 2.12. The van der Waals surface area contributed by atoms with Crippen LogP contribution >= 0.6 is 0 Å². The van der Waals surface area contributed by atoms with Crippen molar-refractivity contribution in [3.8, 4) is 0 Å². The van der Waals surface area contributed by atoms with E-state index >= 15 is 0 Å². The molecule has 0 bridgehead atoms. The van der Waals surface area contributed by atoms with E-state index in [4.69, 9.17) is 0 Å². The summed E-state index contributed by atoms with van der Waals surface area (Å²) in [5.74, 6) is -0.209. The van der Waals surface area contributed by atoms with Crippen molar-refractivity contribution < 1.29 is 4.39 Å². The van der Waals surface area contributed by atoms with Crippen molar-refractivity contribution in [3.05, 3.63) is 77.7 Å². The average molecular weight is 280 g/mol. The van der Waals surface area contributed by atoms with E-state index in [0.717, 1.165) is 28.6 Å². The van der Waals surface area contributed by atoms with Crippen LogP contribution in [0.2, 0.25) is 0 Å². The normalized spacial score (nSPS) is 12.5. The molecule has 0 saturated carbocycles. The fraction of sp³-hybridized carbons (Fsp3) is 0.167. The third-order valence-corrected chi connectivity index (χ3v) is 3.67. The maximum atomic E-state index is 13.4. The fourth-order valence-corrected chi connectivity index (χ4v) is 2.54. The molecular weight excluding hydrogens is 263 g/mol. The number of rotatable bonds is 4. The van der Waals surface area contributed by atoms with Crippen LogP contribution in [0.1, 0.15) is 17.3 Å². The number of hydrogen-bond acceptors (Lipinski definition) is 2. The van der Waals surface area contributed by atoms with Crippen molar-refractivity contribution in [2.24, 2.45) is 0 Å². The summed E-state index contributed by atoms with van der Waals surface area (Å²) in [4.78, 5) is 4.68. The molecule has 0 aliphatic heterocycles. The summed E-state index contributed by atoms with van der Waals surface area (Å²) in [6.45, 7) is 0. The molecule has 2 aromatic carbocycles. The van der Waals surface area contributed by atoms with Crippen molar-refractivity contribution in [3.63, 3.8) is 0 Å². The lowest BCUT2D eigenvalue weighted by molar-refractivity contribution is 0.572. The molecule has 0 radical (unpaired) electrons. The average Bonchev–Trinajstić information content (AvgIpc) is 2.52. The van der Waals surface area contributed by atoms with Gasteiger partial charge in [-0.15, -0.1) is 0 Å². The van der Waals surface area contributed by atoms with Crippen molar-refractivity contribution in [2.45, 2.75) is 12.5 Å². The molecule has 0 aliphatic rings. The van der Waals surface area contributed by atoms with Crippen LogP contribution in [0, 0.1) is 5.82 Å². The predicted molar refractivity (Wildman–Crippen MR) is 83.6 cm³/mol. The third-order valence-electron chi connectivity index (χ3n) is 3.67. The molecule has 1 N–H and O–H groups in total. The van der Waals surface area contributed by atoms with Crippen LogP contribution in [-0.4, -0.2) is 12.0 Å². The maximum Gasteiger partial charge on any atom is 0.123 e. The molecule has 3 aromatic rings. The number of nitrogens with zero attached hydrogens (tertiary/aromatic N) is 1. The van der Waals surface area contributed by atoms with Gasteiger partial charge in [-0.1, -0.05) is 36.4 Å². The van der Waals surface area contributed by atoms with E-state index in [1.807, 2.05) is 43.4 Å². The number of halogens is 1. The van der Waals surface area contributed by atoms with Crippen LogP contribution in [0.15, 0.2) is 60.7 Å². The van der Waals surface area contributed by atoms with E-state index < -0.39 is 0 Å². The number of fused-ring (bicyclic) bond motifs is 1. The Morgan fingerprint density at radius 2 is 1.90 bits per heavy atom. The summed E-state index contributed by atoms with van der Waals surface area (Å²) in [5, 5.41) is 4.37. The van der Waals surface area contributed by atoms with E-state index in [2.05, 4.69) is 16.4 Å². The van der Waals surface area contributed by atoms with Gasteiger partial charge in [0.05, 0.1) is 5.52 Å². The zero-order valence-corrected chi connectivity index (χ0v) is 11.9. The summed E-state index contributed by atoms with van der Waals surface area (Å²) in [7, 11) is 1.89. The van der Waals surface area contributed by atoms with Gasteiger partial charge in [-0.3, -0.25) is 4.98 Å². The Morgan fingerprint density at radius 3 is 2.71 bits per heavy atom. The van der Waals surface area contributed by atoms with E-state index in [0.29, 0.717) is 0 Å². The van der Waals surface area contributed by atoms with Crippen LogP contribution in [0.25, 0.3) is 10.9 Å². The van der Waals surface area contributed by atoms with E-state index in [1.54, 1.807) is 12.1 Å². The number of para-hydroxylation sites is 1. The summed E-state index contributed by atoms with van der Waals surface area (Å²) in [6.07, 6.45) is 0.727. The van der Waals surface area contributed by atoms with Gasteiger partial charge in [-0.2, -0.15) is 0 Å². The van der Waals surface area contributed by atoms with Gasteiger partial charge in [0.25, 0.3) is 0 Å². The van der Waals surface area contributed by atoms with Crippen LogP contribution in [0.4, 0.5) is 4.39 Å². The maximum absolute atomic E-state index is 13.4. The Hall–Kier alpha value is -2.26. The molecule has 1 unspecified atom stereocenters. The van der Waals surface area contributed by atoms with Crippen molar-refractivity contribution in [1.29, 1.82) is 0 Å². The lowest BCUT2D eigenvalue weighted by atomic mass is 10.0. The van der Waals surface area contributed by atoms with Gasteiger partial charge in [0.15, 0.2) is 0 Å². The van der Waals surface area contributed by atoms with Crippen molar-refractivity contribution in [2.75, 3.05) is 7.05 Å². The summed E-state index contributed by atoms with van der Waals surface area (Å²) >= 11 is 0. The van der Waals surface area contributed by atoms with Gasteiger partial charge >= 0.3 is 0 Å². The highest BCUT2D eigenvalue weighted by atomic mass is 19.1. The molecule has 21 heavy (non-hydrogen) atoms. The molecular formula is C18H17FN2. The molecule has 0 saturated heterocycles. The zero-order valence-electron chi connectivity index (χ0n) is 11.9. The second-order valence-electron chi connectivity index (χ2n) is 5.10. The first-order valence-electron chi connectivity index (χ1n) is 7.03. The van der Waals surface area contributed by atoms with Gasteiger partial charge in [-0.05, 0) is 36.9 Å². The first-order chi connectivity index (χ1) is 10.3. The predicted octanol–water partition coefficient (Wildman–Crippen LogP) is 3.88. The molecule has 1 atom stereocenters. The van der Waals surface area contributed by atoms with Gasteiger partial charge in [-0.25, -0.2) is 4.39 Å². The fourth-order valence-electron chi connectivity index (χ4n) is 2.54. The van der Waals surface area contributed by atoms with Crippen molar-refractivity contribution in [1.82, 2.24) is 10.3 Å². The Labute approximate surface area is 123 Å². The van der Waals surface area contributed by atoms with Gasteiger partial charge in [0, 0.05) is 23.5 Å². The molecule has 0 fully saturated rings. The SMILES string of the molecule is CNC(Cc1ccc2ccccc2n1)c1cccc(F)c1. The minimum Gasteiger partial charge on any atom is -0.313 e. The zero-order chi connectivity index (χ0) is 14.7. The molecule has 3 heteroatoms. The topological polar surface area (TPSA) is 24.9 Å². The number of hydrogen-bond donors (Lipinski definition) is 1. The van der Waals surface area contributed by atoms with Crippen LogP contribution in [-0.2, 0) is 6.42 Å². The van der Waals surface area contributed by atoms with E-state index in [1.165, 1.54) is 6.07 Å². The Morgan fingerprint density at radius 1 is 1.05 bits per heavy atom. The second-order valence-corrected chi connectivity index (χ2v) is 5.10. The highest BCUT2D eigenvalue weighted by molar-refractivity contribution is 5.78. The van der Waals surface area contributed by atoms with Crippen LogP contribution in [0.3, 0.4) is 0 Å². The van der Waals surface area contributed by atoms with Gasteiger partial charge < -0.3 is 5.32 Å². The highest BCUT2D eigenvalue weighted by Crippen LogP contribution is 2.20. The summed E-state index contributed by atoms with van der Waals surface area (Å²) in [6, 6.07) is 18.9. The summed E-state index contributed by atoms with van der Waals surface area (Å²) < 4.78 is 13.4. The molecule has 1 heterocycles.